The number of nitrogen functional groups attached to an aromatic ring is 1. The van der Waals surface area contributed by atoms with Crippen LogP contribution in [0, 0.1) is 11.8 Å². The first-order chi connectivity index (χ1) is 20.3. The third kappa shape index (κ3) is 5.95. The summed E-state index contributed by atoms with van der Waals surface area (Å²) < 4.78 is 59.0. The summed E-state index contributed by atoms with van der Waals surface area (Å²) in [7, 11) is 0. The number of imidazole rings is 1. The molecule has 2 aliphatic heterocycles. The van der Waals surface area contributed by atoms with E-state index in [1.807, 2.05) is 0 Å². The van der Waals surface area contributed by atoms with E-state index in [-0.39, 0.29) is 46.9 Å². The number of hydrogen-bond acceptors (Lipinski definition) is 13. The van der Waals surface area contributed by atoms with E-state index in [1.165, 1.54) is 23.4 Å². The van der Waals surface area contributed by atoms with Crippen LogP contribution in [0.1, 0.15) is 34.6 Å². The van der Waals surface area contributed by atoms with E-state index in [9.17, 15) is 14.3 Å². The highest BCUT2D eigenvalue weighted by atomic mass is 32.7. The minimum Gasteiger partial charge on any atom is -0.429 e. The second-order valence-electron chi connectivity index (χ2n) is 10.2. The van der Waals surface area contributed by atoms with Crippen molar-refractivity contribution in [3.63, 3.8) is 0 Å². The smallest absolute Gasteiger partial charge is 0.386 e. The zero-order chi connectivity index (χ0) is 30.7. The van der Waals surface area contributed by atoms with Gasteiger partial charge in [0.25, 0.3) is 5.91 Å². The minimum atomic E-state index is -4.19. The fourth-order valence-corrected chi connectivity index (χ4v) is 8.38. The van der Waals surface area contributed by atoms with Crippen LogP contribution in [0.3, 0.4) is 0 Å². The van der Waals surface area contributed by atoms with E-state index in [0.717, 1.165) is 0 Å². The van der Waals surface area contributed by atoms with E-state index >= 15 is 4.39 Å². The lowest BCUT2D eigenvalue weighted by atomic mass is 9.62. The van der Waals surface area contributed by atoms with Crippen LogP contribution >= 0.6 is 25.8 Å². The summed E-state index contributed by atoms with van der Waals surface area (Å²) in [6.45, 7) is -4.88. The van der Waals surface area contributed by atoms with Gasteiger partial charge in [0.05, 0.1) is 19.5 Å². The summed E-state index contributed by atoms with van der Waals surface area (Å²) in [6.07, 6.45) is -1.71. The molecule has 0 bridgehead atoms. The van der Waals surface area contributed by atoms with E-state index in [0.29, 0.717) is 12.0 Å². The van der Waals surface area contributed by atoms with Gasteiger partial charge in [0, 0.05) is 23.9 Å². The number of halogens is 1. The molecule has 6 rings (SSSR count). The standard InChI is InChI=1S/C23H26FN7O8P2S2/c1-10-16-12(4-13(16)11-2-3-27-14(5-11)21(26)32)6-35-41(34,43)39-19-15(7-36-40(33,42)38-10)37-23(17(19)24)31-9-30-18-20(25)28-8-29-22(18)31/h2-3,5,8-9,12-13,15-17,19,23H,1,4,6-7H2,(H2,26,32)(H,33,42)(H,34,43)(H2,25,28,29)/t12-,13+,15-,16-,17-,19-,23-,40?,41?/m1/s1. The number of amides is 1. The van der Waals surface area contributed by atoms with Crippen LogP contribution in [0.25, 0.3) is 11.2 Å². The fraction of sp³-hybridized carbons (Fsp3) is 0.435. The number of allylic oxidation sites excluding steroid dienone is 1. The molecule has 1 aliphatic carbocycles. The van der Waals surface area contributed by atoms with Crippen molar-refractivity contribution in [3.05, 3.63) is 54.6 Å². The third-order valence-corrected chi connectivity index (χ3v) is 10.7. The van der Waals surface area contributed by atoms with Crippen molar-refractivity contribution in [2.75, 3.05) is 18.9 Å². The Labute approximate surface area is 254 Å². The van der Waals surface area contributed by atoms with E-state index in [1.54, 1.807) is 12.1 Å². The monoisotopic (exact) mass is 673 g/mol. The first kappa shape index (κ1) is 30.5. The minimum absolute atomic E-state index is 0.0717. The Kier molecular flexibility index (Phi) is 8.11. The van der Waals surface area contributed by atoms with Crippen LogP contribution in [0.2, 0.25) is 0 Å². The van der Waals surface area contributed by atoms with Gasteiger partial charge in [-0.1, -0.05) is 18.8 Å². The number of alkyl halides is 1. The highest BCUT2D eigenvalue weighted by molar-refractivity contribution is 8.44. The number of nitrogens with two attached hydrogens (primary N) is 2. The molecule has 20 heteroatoms. The Bertz CT molecular complexity index is 1700. The molecule has 1 amide bonds. The Morgan fingerprint density at radius 1 is 1.26 bits per heavy atom. The summed E-state index contributed by atoms with van der Waals surface area (Å²) in [5, 5.41) is 0. The lowest BCUT2D eigenvalue weighted by Gasteiger charge is -2.45. The maximum Gasteiger partial charge on any atom is 0.386 e. The van der Waals surface area contributed by atoms with Crippen LogP contribution in [0.4, 0.5) is 10.2 Å². The fourth-order valence-electron chi connectivity index (χ4n) is 5.58. The molecule has 0 radical (unpaired) electrons. The largest absolute Gasteiger partial charge is 0.429 e. The van der Waals surface area contributed by atoms with Gasteiger partial charge in [-0.05, 0) is 36.0 Å². The van der Waals surface area contributed by atoms with Crippen molar-refractivity contribution in [3.8, 4) is 0 Å². The number of thiol groups is 1. The van der Waals surface area contributed by atoms with E-state index < -0.39 is 56.6 Å². The third-order valence-electron chi connectivity index (χ3n) is 7.60. The van der Waals surface area contributed by atoms with Crippen molar-refractivity contribution in [2.45, 2.75) is 36.9 Å². The number of primary amides is 1. The number of rotatable bonds is 3. The molecule has 2 saturated heterocycles. The summed E-state index contributed by atoms with van der Waals surface area (Å²) in [5.41, 5.74) is 12.4. The molecule has 5 N–H and O–H groups in total. The molecule has 3 aromatic rings. The molecule has 5 heterocycles. The molecule has 1 saturated carbocycles. The number of anilines is 1. The lowest BCUT2D eigenvalue weighted by molar-refractivity contribution is -0.0413. The zero-order valence-electron chi connectivity index (χ0n) is 22.1. The van der Waals surface area contributed by atoms with Gasteiger partial charge >= 0.3 is 13.5 Å². The van der Waals surface area contributed by atoms with Crippen molar-refractivity contribution < 1.29 is 41.5 Å². The van der Waals surface area contributed by atoms with Crippen LogP contribution in [-0.4, -0.2) is 66.9 Å². The molecular weight excluding hydrogens is 647 g/mol. The highest BCUT2D eigenvalue weighted by Crippen LogP contribution is 2.61. The van der Waals surface area contributed by atoms with Crippen molar-refractivity contribution in [1.82, 2.24) is 24.5 Å². The van der Waals surface area contributed by atoms with Crippen LogP contribution in [0.15, 0.2) is 43.3 Å². The van der Waals surface area contributed by atoms with Gasteiger partial charge in [-0.25, -0.2) is 23.9 Å². The Hall–Kier alpha value is -2.53. The van der Waals surface area contributed by atoms with Crippen molar-refractivity contribution in [1.29, 1.82) is 0 Å². The van der Waals surface area contributed by atoms with Crippen LogP contribution < -0.4 is 11.5 Å². The van der Waals surface area contributed by atoms with Gasteiger partial charge in [-0.3, -0.25) is 23.4 Å². The van der Waals surface area contributed by atoms with Gasteiger partial charge in [0.2, 0.25) is 0 Å². The molecule has 15 nitrogen and oxygen atoms in total. The average molecular weight is 674 g/mol. The first-order valence-corrected chi connectivity index (χ1v) is 18.1. The average Bonchev–Trinajstić information content (AvgIpc) is 3.48. The predicted octanol–water partition coefficient (Wildman–Crippen LogP) is 2.77. The van der Waals surface area contributed by atoms with Gasteiger partial charge in [0.15, 0.2) is 23.9 Å². The molecule has 0 spiro atoms. The second-order valence-corrected chi connectivity index (χ2v) is 15.9. The molecule has 0 aromatic carbocycles. The molecule has 3 aliphatic rings. The van der Waals surface area contributed by atoms with Gasteiger partial charge in [0.1, 0.15) is 35.5 Å². The number of ether oxygens (including phenoxy) is 1. The summed E-state index contributed by atoms with van der Waals surface area (Å²) in [5.74, 6) is -1.64. The number of carbonyl (C=O) groups is 1. The lowest BCUT2D eigenvalue weighted by Crippen LogP contribution is -2.39. The Balaban J connectivity index is 1.27. The maximum absolute atomic E-state index is 16.0. The van der Waals surface area contributed by atoms with Gasteiger partial charge in [-0.15, -0.1) is 0 Å². The molecule has 2 unspecified atom stereocenters. The highest BCUT2D eigenvalue weighted by Gasteiger charge is 2.52. The molecule has 3 fully saturated rings. The summed E-state index contributed by atoms with van der Waals surface area (Å²) in [4.78, 5) is 38.7. The number of pyridine rings is 1. The molecule has 43 heavy (non-hydrogen) atoms. The molecular formula is C23H26FN7O8P2S2. The second kappa shape index (κ2) is 11.4. The Morgan fingerprint density at radius 2 is 2.05 bits per heavy atom. The number of aromatic nitrogens is 5. The molecule has 3 aromatic heterocycles. The Morgan fingerprint density at radius 3 is 2.81 bits per heavy atom. The molecule has 9 atom stereocenters. The SMILES string of the molecule is C=C1OP(O)(=S)OC[C@H]2O[C@@H](n3cnc4c(N)ncnc43)[C@H](F)[C@@H]2OP(=O)(S)OC[C@H]2C[C@@H](c3ccnc(C(N)=O)c3)[C@H]12. The van der Waals surface area contributed by atoms with Crippen molar-refractivity contribution in [2.24, 2.45) is 17.6 Å². The van der Waals surface area contributed by atoms with E-state index in [4.69, 9.17) is 46.1 Å². The van der Waals surface area contributed by atoms with Crippen LogP contribution in [0.5, 0.6) is 0 Å². The predicted molar refractivity (Wildman–Crippen MR) is 156 cm³/mol. The number of hydrogen-bond donors (Lipinski definition) is 4. The zero-order valence-corrected chi connectivity index (χ0v) is 25.6. The number of carbonyl (C=O) groups excluding carboxylic acids is 1. The van der Waals surface area contributed by atoms with Crippen LogP contribution in [-0.2, 0) is 39.2 Å². The van der Waals surface area contributed by atoms with Gasteiger partial charge < -0.3 is 30.1 Å². The topological polar surface area (TPSA) is 209 Å². The summed E-state index contributed by atoms with van der Waals surface area (Å²) in [6, 6.07) is 3.26. The number of nitrogens with zero attached hydrogens (tertiary/aromatic N) is 5. The van der Waals surface area contributed by atoms with Gasteiger partial charge in [-0.2, -0.15) is 0 Å². The summed E-state index contributed by atoms with van der Waals surface area (Å²) >= 11 is 9.34. The first-order valence-electron chi connectivity index (χ1n) is 12.8. The van der Waals surface area contributed by atoms with E-state index in [2.05, 4.69) is 38.8 Å². The van der Waals surface area contributed by atoms with Crippen molar-refractivity contribution >= 4 is 60.5 Å². The number of fused-ring (bicyclic) bond motifs is 3. The molecule has 230 valence electrons. The maximum atomic E-state index is 16.0. The quantitative estimate of drug-likeness (QED) is 0.233. The normalized spacial score (nSPS) is 36.7.